The Morgan fingerprint density at radius 1 is 1.41 bits per heavy atom. The van der Waals surface area contributed by atoms with Gasteiger partial charge in [0.1, 0.15) is 0 Å². The van der Waals surface area contributed by atoms with Crippen molar-refractivity contribution in [1.82, 2.24) is 10.3 Å². The third kappa shape index (κ3) is 1.88. The summed E-state index contributed by atoms with van der Waals surface area (Å²) in [6, 6.07) is 2.01. The van der Waals surface area contributed by atoms with E-state index in [2.05, 4.69) is 10.3 Å². The predicted octanol–water partition coefficient (Wildman–Crippen LogP) is 1.58. The third-order valence-electron chi connectivity index (χ3n) is 4.15. The van der Waals surface area contributed by atoms with Crippen LogP contribution in [-0.2, 0) is 0 Å². The van der Waals surface area contributed by atoms with Gasteiger partial charge in [-0.05, 0) is 37.2 Å². The van der Waals surface area contributed by atoms with Crippen LogP contribution in [0.4, 0.5) is 5.69 Å². The van der Waals surface area contributed by atoms with Crippen LogP contribution in [0.15, 0.2) is 18.5 Å². The topological polar surface area (TPSA) is 68.0 Å². The van der Waals surface area contributed by atoms with Gasteiger partial charge in [0.15, 0.2) is 0 Å². The van der Waals surface area contributed by atoms with Gasteiger partial charge in [-0.2, -0.15) is 0 Å². The van der Waals surface area contributed by atoms with Gasteiger partial charge in [0.05, 0.1) is 5.56 Å². The van der Waals surface area contributed by atoms with Crippen molar-refractivity contribution in [3.8, 4) is 0 Å². The monoisotopic (exact) mass is 231 g/mol. The van der Waals surface area contributed by atoms with Crippen molar-refractivity contribution in [1.29, 1.82) is 0 Å². The Labute approximate surface area is 101 Å². The van der Waals surface area contributed by atoms with E-state index in [0.29, 0.717) is 23.2 Å². The Balaban J connectivity index is 1.70. The van der Waals surface area contributed by atoms with E-state index >= 15 is 0 Å². The molecule has 2 saturated carbocycles. The van der Waals surface area contributed by atoms with Gasteiger partial charge in [-0.15, -0.1) is 0 Å². The van der Waals surface area contributed by atoms with Gasteiger partial charge in [0, 0.05) is 24.1 Å². The molecule has 2 fully saturated rings. The second kappa shape index (κ2) is 4.02. The number of carbonyl (C=O) groups excluding carboxylic acids is 1. The van der Waals surface area contributed by atoms with Gasteiger partial charge < -0.3 is 11.1 Å². The van der Waals surface area contributed by atoms with Crippen molar-refractivity contribution in [3.05, 3.63) is 24.0 Å². The first-order valence-electron chi connectivity index (χ1n) is 6.24. The number of hydrogen-bond acceptors (Lipinski definition) is 3. The summed E-state index contributed by atoms with van der Waals surface area (Å²) in [7, 11) is 0. The Morgan fingerprint density at radius 2 is 2.29 bits per heavy atom. The van der Waals surface area contributed by atoms with E-state index in [4.69, 9.17) is 5.73 Å². The van der Waals surface area contributed by atoms with Gasteiger partial charge >= 0.3 is 0 Å². The first kappa shape index (κ1) is 10.6. The summed E-state index contributed by atoms with van der Waals surface area (Å²) in [5.41, 5.74) is 6.77. The smallest absolute Gasteiger partial charge is 0.255 e. The first-order valence-corrected chi connectivity index (χ1v) is 6.24. The van der Waals surface area contributed by atoms with Crippen molar-refractivity contribution >= 4 is 11.6 Å². The largest absolute Gasteiger partial charge is 0.398 e. The number of hydrogen-bond donors (Lipinski definition) is 2. The highest BCUT2D eigenvalue weighted by Gasteiger charge is 2.40. The number of amides is 1. The van der Waals surface area contributed by atoms with Crippen LogP contribution in [0.1, 0.15) is 36.0 Å². The fourth-order valence-electron chi connectivity index (χ4n) is 3.26. The zero-order chi connectivity index (χ0) is 11.8. The molecule has 2 aliphatic carbocycles. The minimum Gasteiger partial charge on any atom is -0.398 e. The van der Waals surface area contributed by atoms with E-state index in [0.717, 1.165) is 12.3 Å². The minimum atomic E-state index is -0.0758. The zero-order valence-electron chi connectivity index (χ0n) is 9.73. The van der Waals surface area contributed by atoms with E-state index in [1.807, 2.05) is 0 Å². The molecule has 1 aromatic rings. The Bertz CT molecular complexity index is 446. The molecular weight excluding hydrogens is 214 g/mol. The highest BCUT2D eigenvalue weighted by molar-refractivity contribution is 5.98. The summed E-state index contributed by atoms with van der Waals surface area (Å²) in [6.07, 6.45) is 8.16. The fourth-order valence-corrected chi connectivity index (χ4v) is 3.26. The second-order valence-electron chi connectivity index (χ2n) is 5.22. The number of nitrogens with zero attached hydrogens (tertiary/aromatic N) is 1. The minimum absolute atomic E-state index is 0.0758. The SMILES string of the molecule is Nc1ccncc1C(=O)NC1CC2CCC1C2. The number of nitrogens with two attached hydrogens (primary N) is 1. The Hall–Kier alpha value is -1.58. The lowest BCUT2D eigenvalue weighted by atomic mass is 9.95. The molecule has 0 saturated heterocycles. The molecule has 17 heavy (non-hydrogen) atoms. The maximum atomic E-state index is 12.1. The molecule has 3 N–H and O–H groups in total. The number of nitrogens with one attached hydrogen (secondary N) is 1. The van der Waals surface area contributed by atoms with E-state index in [1.54, 1.807) is 12.3 Å². The third-order valence-corrected chi connectivity index (χ3v) is 4.15. The molecule has 90 valence electrons. The molecule has 2 aliphatic rings. The van der Waals surface area contributed by atoms with Crippen molar-refractivity contribution < 1.29 is 4.79 Å². The first-order chi connectivity index (χ1) is 8.24. The van der Waals surface area contributed by atoms with Crippen LogP contribution in [0.25, 0.3) is 0 Å². The second-order valence-corrected chi connectivity index (χ2v) is 5.22. The summed E-state index contributed by atoms with van der Waals surface area (Å²) in [4.78, 5) is 16.0. The van der Waals surface area contributed by atoms with Crippen molar-refractivity contribution in [2.45, 2.75) is 31.7 Å². The van der Waals surface area contributed by atoms with Crippen LogP contribution in [0, 0.1) is 11.8 Å². The molecule has 0 aliphatic heterocycles. The molecule has 2 bridgehead atoms. The molecule has 4 heteroatoms. The van der Waals surface area contributed by atoms with Crippen LogP contribution in [-0.4, -0.2) is 16.9 Å². The maximum absolute atomic E-state index is 12.1. The lowest BCUT2D eigenvalue weighted by Gasteiger charge is -2.23. The number of aromatic nitrogens is 1. The summed E-state index contributed by atoms with van der Waals surface area (Å²) in [6.45, 7) is 0. The van der Waals surface area contributed by atoms with E-state index in [9.17, 15) is 4.79 Å². The molecule has 1 heterocycles. The number of nitrogen functional groups attached to an aromatic ring is 1. The van der Waals surface area contributed by atoms with Gasteiger partial charge in [-0.25, -0.2) is 0 Å². The molecule has 0 spiro atoms. The molecule has 3 atom stereocenters. The Kier molecular flexibility index (Phi) is 2.50. The standard InChI is InChI=1S/C13H17N3O/c14-11-3-4-15-7-10(11)13(17)16-12-6-8-1-2-9(12)5-8/h3-4,7-9,12H,1-2,5-6H2,(H2,14,15)(H,16,17). The van der Waals surface area contributed by atoms with Crippen LogP contribution < -0.4 is 11.1 Å². The predicted molar refractivity (Wildman–Crippen MR) is 65.4 cm³/mol. The molecule has 4 nitrogen and oxygen atoms in total. The van der Waals surface area contributed by atoms with Gasteiger partial charge in [0.25, 0.3) is 5.91 Å². The number of anilines is 1. The van der Waals surface area contributed by atoms with Crippen molar-refractivity contribution in [2.24, 2.45) is 11.8 Å². The van der Waals surface area contributed by atoms with Gasteiger partial charge in [-0.1, -0.05) is 6.42 Å². The number of rotatable bonds is 2. The normalized spacial score (nSPS) is 30.5. The molecule has 0 aromatic carbocycles. The molecule has 3 rings (SSSR count). The average molecular weight is 231 g/mol. The summed E-state index contributed by atoms with van der Waals surface area (Å²) in [5, 5.41) is 3.11. The van der Waals surface area contributed by atoms with Crippen molar-refractivity contribution in [3.63, 3.8) is 0 Å². The summed E-state index contributed by atoms with van der Waals surface area (Å²) in [5.74, 6) is 1.44. The van der Waals surface area contributed by atoms with Crippen LogP contribution in [0.5, 0.6) is 0 Å². The van der Waals surface area contributed by atoms with Crippen LogP contribution in [0.3, 0.4) is 0 Å². The zero-order valence-corrected chi connectivity index (χ0v) is 9.73. The quantitative estimate of drug-likeness (QED) is 0.812. The van der Waals surface area contributed by atoms with Gasteiger partial charge in [-0.3, -0.25) is 9.78 Å². The molecule has 0 radical (unpaired) electrons. The van der Waals surface area contributed by atoms with Crippen LogP contribution >= 0.6 is 0 Å². The average Bonchev–Trinajstić information content (AvgIpc) is 2.91. The number of pyridine rings is 1. The Morgan fingerprint density at radius 3 is 2.94 bits per heavy atom. The van der Waals surface area contributed by atoms with E-state index in [1.165, 1.54) is 25.5 Å². The summed E-state index contributed by atoms with van der Waals surface area (Å²) >= 11 is 0. The lowest BCUT2D eigenvalue weighted by Crippen LogP contribution is -2.38. The lowest BCUT2D eigenvalue weighted by molar-refractivity contribution is 0.0923. The van der Waals surface area contributed by atoms with Gasteiger partial charge in [0.2, 0.25) is 0 Å². The molecule has 1 amide bonds. The fraction of sp³-hybridized carbons (Fsp3) is 0.538. The van der Waals surface area contributed by atoms with Crippen LogP contribution in [0.2, 0.25) is 0 Å². The molecule has 1 aromatic heterocycles. The number of fused-ring (bicyclic) bond motifs is 2. The molecule has 3 unspecified atom stereocenters. The van der Waals surface area contributed by atoms with E-state index < -0.39 is 0 Å². The van der Waals surface area contributed by atoms with E-state index in [-0.39, 0.29) is 5.91 Å². The molecular formula is C13H17N3O. The summed E-state index contributed by atoms with van der Waals surface area (Å²) < 4.78 is 0. The van der Waals surface area contributed by atoms with Crippen molar-refractivity contribution in [2.75, 3.05) is 5.73 Å². The highest BCUT2D eigenvalue weighted by atomic mass is 16.1. The number of carbonyl (C=O) groups is 1. The maximum Gasteiger partial charge on any atom is 0.255 e. The highest BCUT2D eigenvalue weighted by Crippen LogP contribution is 2.44.